The van der Waals surface area contributed by atoms with Crippen LogP contribution in [0, 0.1) is 11.3 Å². The standard InChI is InChI=1S/C23H18N4O/c24-13-19-15-26-21-11-5-4-10-20(21)22(19)27-14-18-9-6-12-25-23(18)28-16-17-7-2-1-3-8-17/h1-12,15H,14,16H2,(H,26,27). The van der Waals surface area contributed by atoms with Crippen LogP contribution in [0.1, 0.15) is 16.7 Å². The molecule has 0 amide bonds. The third-order valence-electron chi connectivity index (χ3n) is 4.42. The van der Waals surface area contributed by atoms with E-state index in [1.165, 1.54) is 0 Å². The fourth-order valence-corrected chi connectivity index (χ4v) is 3.01. The SMILES string of the molecule is N#Cc1cnc2ccccc2c1NCc1cccnc1OCc1ccccc1. The van der Waals surface area contributed by atoms with Crippen molar-refractivity contribution in [2.45, 2.75) is 13.2 Å². The maximum absolute atomic E-state index is 9.47. The molecule has 0 bridgehead atoms. The average Bonchev–Trinajstić information content (AvgIpc) is 2.77. The molecule has 5 heteroatoms. The number of pyridine rings is 2. The summed E-state index contributed by atoms with van der Waals surface area (Å²) in [6.07, 6.45) is 3.31. The van der Waals surface area contributed by atoms with E-state index in [0.717, 1.165) is 27.7 Å². The first-order valence-corrected chi connectivity index (χ1v) is 8.97. The van der Waals surface area contributed by atoms with Crippen molar-refractivity contribution in [3.8, 4) is 11.9 Å². The molecule has 2 heterocycles. The van der Waals surface area contributed by atoms with Crippen LogP contribution in [0.2, 0.25) is 0 Å². The lowest BCUT2D eigenvalue weighted by Gasteiger charge is -2.14. The van der Waals surface area contributed by atoms with Gasteiger partial charge in [-0.2, -0.15) is 5.26 Å². The Morgan fingerprint density at radius 2 is 1.75 bits per heavy atom. The zero-order valence-corrected chi connectivity index (χ0v) is 15.2. The van der Waals surface area contributed by atoms with Crippen LogP contribution in [0.15, 0.2) is 79.1 Å². The quantitative estimate of drug-likeness (QED) is 0.536. The van der Waals surface area contributed by atoms with Crippen LogP contribution in [-0.4, -0.2) is 9.97 Å². The molecule has 0 aliphatic carbocycles. The number of hydrogen-bond donors (Lipinski definition) is 1. The molecule has 28 heavy (non-hydrogen) atoms. The highest BCUT2D eigenvalue weighted by atomic mass is 16.5. The van der Waals surface area contributed by atoms with Crippen LogP contribution in [-0.2, 0) is 13.2 Å². The fraction of sp³-hybridized carbons (Fsp3) is 0.0870. The summed E-state index contributed by atoms with van der Waals surface area (Å²) in [5.74, 6) is 0.579. The van der Waals surface area contributed by atoms with Crippen molar-refractivity contribution in [3.63, 3.8) is 0 Å². The first-order chi connectivity index (χ1) is 13.8. The number of benzene rings is 2. The van der Waals surface area contributed by atoms with E-state index in [-0.39, 0.29) is 0 Å². The Labute approximate surface area is 163 Å². The maximum Gasteiger partial charge on any atom is 0.218 e. The van der Waals surface area contributed by atoms with Gasteiger partial charge >= 0.3 is 0 Å². The summed E-state index contributed by atoms with van der Waals surface area (Å²) in [7, 11) is 0. The molecule has 0 atom stereocenters. The molecule has 1 N–H and O–H groups in total. The van der Waals surface area contributed by atoms with E-state index in [0.29, 0.717) is 24.6 Å². The smallest absolute Gasteiger partial charge is 0.218 e. The minimum Gasteiger partial charge on any atom is -0.473 e. The van der Waals surface area contributed by atoms with E-state index in [1.54, 1.807) is 12.4 Å². The molecule has 0 fully saturated rings. The zero-order chi connectivity index (χ0) is 19.2. The number of fused-ring (bicyclic) bond motifs is 1. The van der Waals surface area contributed by atoms with Gasteiger partial charge in [-0.15, -0.1) is 0 Å². The van der Waals surface area contributed by atoms with Crippen molar-refractivity contribution in [2.24, 2.45) is 0 Å². The third kappa shape index (κ3) is 3.76. The Morgan fingerprint density at radius 3 is 2.61 bits per heavy atom. The van der Waals surface area contributed by atoms with Gasteiger partial charge in [0.15, 0.2) is 0 Å². The summed E-state index contributed by atoms with van der Waals surface area (Å²) < 4.78 is 5.93. The normalized spacial score (nSPS) is 10.4. The molecule has 0 aliphatic rings. The molecule has 0 unspecified atom stereocenters. The first kappa shape index (κ1) is 17.5. The van der Waals surface area contributed by atoms with E-state index in [2.05, 4.69) is 21.4 Å². The van der Waals surface area contributed by atoms with Gasteiger partial charge < -0.3 is 10.1 Å². The topological polar surface area (TPSA) is 70.8 Å². The van der Waals surface area contributed by atoms with Gasteiger partial charge in [0.2, 0.25) is 5.88 Å². The van der Waals surface area contributed by atoms with Crippen molar-refractivity contribution >= 4 is 16.6 Å². The largest absolute Gasteiger partial charge is 0.473 e. The third-order valence-corrected chi connectivity index (χ3v) is 4.42. The maximum atomic E-state index is 9.47. The Hall–Kier alpha value is -3.91. The number of hydrogen-bond acceptors (Lipinski definition) is 5. The van der Waals surface area contributed by atoms with Gasteiger partial charge in [0, 0.05) is 29.9 Å². The van der Waals surface area contributed by atoms with E-state index in [4.69, 9.17) is 4.74 Å². The van der Waals surface area contributed by atoms with Gasteiger partial charge in [-0.1, -0.05) is 54.6 Å². The summed E-state index contributed by atoms with van der Waals surface area (Å²) >= 11 is 0. The second kappa shape index (κ2) is 8.19. The number of ether oxygens (including phenoxy) is 1. The number of nitrogens with zero attached hydrogens (tertiary/aromatic N) is 3. The molecule has 136 valence electrons. The molecule has 2 aromatic carbocycles. The van der Waals surface area contributed by atoms with Crippen molar-refractivity contribution in [3.05, 3.63) is 95.8 Å². The molecular formula is C23H18N4O. The number of para-hydroxylation sites is 1. The lowest BCUT2D eigenvalue weighted by molar-refractivity contribution is 0.291. The Morgan fingerprint density at radius 1 is 0.929 bits per heavy atom. The van der Waals surface area contributed by atoms with E-state index >= 15 is 0 Å². The number of nitrogens with one attached hydrogen (secondary N) is 1. The number of aromatic nitrogens is 2. The lowest BCUT2D eigenvalue weighted by Crippen LogP contribution is -2.06. The van der Waals surface area contributed by atoms with Crippen LogP contribution in [0.3, 0.4) is 0 Å². The first-order valence-electron chi connectivity index (χ1n) is 8.97. The predicted molar refractivity (Wildman–Crippen MR) is 109 cm³/mol. The van der Waals surface area contributed by atoms with Gasteiger partial charge in [-0.25, -0.2) is 4.98 Å². The Balaban J connectivity index is 1.56. The highest BCUT2D eigenvalue weighted by Crippen LogP contribution is 2.27. The summed E-state index contributed by atoms with van der Waals surface area (Å²) in [5, 5.41) is 13.8. The monoisotopic (exact) mass is 366 g/mol. The molecule has 5 nitrogen and oxygen atoms in total. The van der Waals surface area contributed by atoms with Gasteiger partial charge in [0.05, 0.1) is 16.8 Å². The van der Waals surface area contributed by atoms with E-state index in [9.17, 15) is 5.26 Å². The van der Waals surface area contributed by atoms with Crippen LogP contribution in [0.5, 0.6) is 5.88 Å². The summed E-state index contributed by atoms with van der Waals surface area (Å²) in [4.78, 5) is 8.72. The van der Waals surface area contributed by atoms with Crippen molar-refractivity contribution in [1.29, 1.82) is 5.26 Å². The molecule has 0 spiro atoms. The number of nitriles is 1. The van der Waals surface area contributed by atoms with Gasteiger partial charge in [-0.3, -0.25) is 4.98 Å². The number of anilines is 1. The molecule has 0 aliphatic heterocycles. The van der Waals surface area contributed by atoms with Crippen molar-refractivity contribution < 1.29 is 4.74 Å². The minimum atomic E-state index is 0.451. The second-order valence-corrected chi connectivity index (χ2v) is 6.27. The molecule has 0 radical (unpaired) electrons. The molecule has 4 aromatic rings. The van der Waals surface area contributed by atoms with Crippen molar-refractivity contribution in [1.82, 2.24) is 9.97 Å². The molecule has 2 aromatic heterocycles. The van der Waals surface area contributed by atoms with Crippen LogP contribution in [0.25, 0.3) is 10.9 Å². The van der Waals surface area contributed by atoms with E-state index < -0.39 is 0 Å². The van der Waals surface area contributed by atoms with Crippen LogP contribution < -0.4 is 10.1 Å². The number of rotatable bonds is 6. The van der Waals surface area contributed by atoms with Gasteiger partial charge in [0.1, 0.15) is 12.7 Å². The summed E-state index contributed by atoms with van der Waals surface area (Å²) in [6.45, 7) is 0.938. The Kier molecular flexibility index (Phi) is 5.12. The Bertz CT molecular complexity index is 1140. The molecule has 0 saturated carbocycles. The predicted octanol–water partition coefficient (Wildman–Crippen LogP) is 4.69. The highest BCUT2D eigenvalue weighted by Gasteiger charge is 2.10. The highest BCUT2D eigenvalue weighted by molar-refractivity contribution is 5.93. The van der Waals surface area contributed by atoms with Crippen LogP contribution in [0.4, 0.5) is 5.69 Å². The van der Waals surface area contributed by atoms with E-state index in [1.807, 2.05) is 66.7 Å². The van der Waals surface area contributed by atoms with Crippen molar-refractivity contribution in [2.75, 3.05) is 5.32 Å². The van der Waals surface area contributed by atoms with Crippen LogP contribution >= 0.6 is 0 Å². The summed E-state index contributed by atoms with van der Waals surface area (Å²) in [5.41, 5.74) is 4.12. The lowest BCUT2D eigenvalue weighted by atomic mass is 10.1. The fourth-order valence-electron chi connectivity index (χ4n) is 3.01. The zero-order valence-electron chi connectivity index (χ0n) is 15.2. The second-order valence-electron chi connectivity index (χ2n) is 6.27. The van der Waals surface area contributed by atoms with Gasteiger partial charge in [0.25, 0.3) is 0 Å². The average molecular weight is 366 g/mol. The molecule has 0 saturated heterocycles. The minimum absolute atomic E-state index is 0.451. The molecular weight excluding hydrogens is 348 g/mol. The summed E-state index contributed by atoms with van der Waals surface area (Å²) in [6, 6.07) is 23.8. The van der Waals surface area contributed by atoms with Gasteiger partial charge in [-0.05, 0) is 17.7 Å². The molecule has 4 rings (SSSR count).